The molecule has 0 saturated heterocycles. The first-order chi connectivity index (χ1) is 10.7. The van der Waals surface area contributed by atoms with Crippen LogP contribution < -0.4 is 0 Å². The fourth-order valence-corrected chi connectivity index (χ4v) is 2.35. The van der Waals surface area contributed by atoms with Gasteiger partial charge in [0.2, 0.25) is 0 Å². The summed E-state index contributed by atoms with van der Waals surface area (Å²) in [5, 5.41) is 12.9. The van der Waals surface area contributed by atoms with E-state index in [0.29, 0.717) is 11.1 Å². The molecule has 0 radical (unpaired) electrons. The van der Waals surface area contributed by atoms with Crippen molar-refractivity contribution in [2.24, 2.45) is 0 Å². The molecule has 0 spiro atoms. The van der Waals surface area contributed by atoms with Crippen LogP contribution in [-0.4, -0.2) is 14.6 Å². The van der Waals surface area contributed by atoms with Gasteiger partial charge in [-0.05, 0) is 37.0 Å². The van der Waals surface area contributed by atoms with Crippen LogP contribution >= 0.6 is 11.6 Å². The number of nitrogens with zero attached hydrogens (tertiary/aromatic N) is 4. The van der Waals surface area contributed by atoms with Crippen LogP contribution in [0, 0.1) is 17.1 Å². The molecule has 0 bridgehead atoms. The van der Waals surface area contributed by atoms with Crippen molar-refractivity contribution >= 4 is 17.2 Å². The first-order valence-electron chi connectivity index (χ1n) is 6.83. The van der Waals surface area contributed by atoms with E-state index < -0.39 is 5.82 Å². The second kappa shape index (κ2) is 6.12. The Bertz CT molecular complexity index is 849. The summed E-state index contributed by atoms with van der Waals surface area (Å²) < 4.78 is 14.1. The van der Waals surface area contributed by atoms with Gasteiger partial charge >= 0.3 is 0 Å². The van der Waals surface area contributed by atoms with E-state index in [1.54, 1.807) is 28.9 Å². The molecule has 0 amide bonds. The Morgan fingerprint density at radius 1 is 1.32 bits per heavy atom. The van der Waals surface area contributed by atoms with Crippen LogP contribution in [0.25, 0.3) is 5.65 Å². The predicted octanol–water partition coefficient (Wildman–Crippen LogP) is 3.96. The van der Waals surface area contributed by atoms with Gasteiger partial charge in [-0.25, -0.2) is 13.9 Å². The average Bonchev–Trinajstić information content (AvgIpc) is 3.26. The van der Waals surface area contributed by atoms with Crippen molar-refractivity contribution in [3.63, 3.8) is 0 Å². The largest absolute Gasteiger partial charge is 0.235 e. The molecule has 3 aromatic rings. The summed E-state index contributed by atoms with van der Waals surface area (Å²) in [5.74, 6) is 0.199. The van der Waals surface area contributed by atoms with Crippen LogP contribution in [0.2, 0.25) is 5.15 Å². The van der Waals surface area contributed by atoms with Gasteiger partial charge in [0.15, 0.2) is 5.65 Å². The Morgan fingerprint density at radius 2 is 2.09 bits per heavy atom. The molecule has 2 heterocycles. The average molecular weight is 315 g/mol. The van der Waals surface area contributed by atoms with E-state index in [0.717, 1.165) is 5.65 Å². The lowest BCUT2D eigenvalue weighted by atomic mass is 10.2. The number of hydrogen-bond donors (Lipinski definition) is 0. The topological polar surface area (TPSA) is 54.0 Å². The number of halogens is 2. The Morgan fingerprint density at radius 3 is 2.73 bits per heavy atom. The molecule has 110 valence electrons. The third kappa shape index (κ3) is 3.07. The van der Waals surface area contributed by atoms with Crippen molar-refractivity contribution in [3.05, 3.63) is 64.8 Å². The van der Waals surface area contributed by atoms with Crippen molar-refractivity contribution in [2.75, 3.05) is 0 Å². The number of aromatic nitrogens is 3. The molecule has 4 nitrogen and oxygen atoms in total. The molecule has 0 unspecified atom stereocenters. The Kier molecular flexibility index (Phi) is 4.03. The molecule has 0 aliphatic heterocycles. The summed E-state index contributed by atoms with van der Waals surface area (Å²) in [4.78, 5) is 4.26. The highest BCUT2D eigenvalue weighted by Crippen LogP contribution is 2.41. The quantitative estimate of drug-likeness (QED) is 0.683. The molecular weight excluding hydrogens is 303 g/mol. The summed E-state index contributed by atoms with van der Waals surface area (Å²) in [6, 6.07) is 9.53. The van der Waals surface area contributed by atoms with Gasteiger partial charge in [-0.2, -0.15) is 10.4 Å². The number of hydrogen-bond acceptors (Lipinski definition) is 3. The van der Waals surface area contributed by atoms with Crippen LogP contribution in [-0.2, 0) is 0 Å². The molecule has 1 saturated carbocycles. The third-order valence-corrected chi connectivity index (χ3v) is 3.55. The molecule has 1 aromatic carbocycles. The normalized spacial score (nSPS) is 13.3. The number of rotatable bonds is 1. The maximum Gasteiger partial charge on any atom is 0.157 e. The second-order valence-corrected chi connectivity index (χ2v) is 5.37. The highest BCUT2D eigenvalue weighted by Gasteiger charge is 2.26. The van der Waals surface area contributed by atoms with E-state index in [2.05, 4.69) is 10.1 Å². The standard InChI is InChI=1S/C9H8ClN3.C7H4FN/c10-8-5-7(6-1-2-6)9-11-3-4-13(9)12-8;8-7-4-2-1-3-6(7)5-9/h3-6H,1-2H2;1-4H. The fraction of sp³-hybridized carbons (Fsp3) is 0.188. The van der Waals surface area contributed by atoms with Gasteiger partial charge in [-0.1, -0.05) is 23.7 Å². The zero-order valence-corrected chi connectivity index (χ0v) is 12.3. The summed E-state index contributed by atoms with van der Waals surface area (Å²) >= 11 is 5.89. The Labute approximate surface area is 131 Å². The Hall–Kier alpha value is -2.45. The molecule has 0 N–H and O–H groups in total. The molecule has 22 heavy (non-hydrogen) atoms. The number of nitriles is 1. The van der Waals surface area contributed by atoms with Crippen LogP contribution in [0.1, 0.15) is 29.9 Å². The Balaban J connectivity index is 0.000000142. The molecule has 1 fully saturated rings. The van der Waals surface area contributed by atoms with E-state index in [1.165, 1.54) is 30.5 Å². The van der Waals surface area contributed by atoms with Crippen molar-refractivity contribution < 1.29 is 4.39 Å². The van der Waals surface area contributed by atoms with E-state index in [1.807, 2.05) is 12.3 Å². The molecule has 4 rings (SSSR count). The van der Waals surface area contributed by atoms with Gasteiger partial charge in [0.25, 0.3) is 0 Å². The predicted molar refractivity (Wildman–Crippen MR) is 81.1 cm³/mol. The van der Waals surface area contributed by atoms with Gasteiger partial charge in [-0.3, -0.25) is 0 Å². The van der Waals surface area contributed by atoms with Crippen molar-refractivity contribution in [3.8, 4) is 6.07 Å². The zero-order valence-electron chi connectivity index (χ0n) is 11.6. The molecule has 1 aliphatic carbocycles. The van der Waals surface area contributed by atoms with Gasteiger partial charge in [0, 0.05) is 18.0 Å². The molecule has 0 atom stereocenters. The SMILES string of the molecule is Clc1cc(C2CC2)c2nccn2n1.N#Cc1ccccc1F. The maximum atomic E-state index is 12.4. The second-order valence-electron chi connectivity index (χ2n) is 4.98. The first kappa shape index (κ1) is 14.5. The van der Waals surface area contributed by atoms with Crippen LogP contribution in [0.15, 0.2) is 42.7 Å². The van der Waals surface area contributed by atoms with Gasteiger partial charge in [0.1, 0.15) is 17.0 Å². The number of fused-ring (bicyclic) bond motifs is 1. The molecule has 1 aliphatic rings. The van der Waals surface area contributed by atoms with Crippen molar-refractivity contribution in [1.29, 1.82) is 5.26 Å². The van der Waals surface area contributed by atoms with Crippen molar-refractivity contribution in [2.45, 2.75) is 18.8 Å². The van der Waals surface area contributed by atoms with E-state index in [-0.39, 0.29) is 5.56 Å². The summed E-state index contributed by atoms with van der Waals surface area (Å²) in [6.45, 7) is 0. The van der Waals surface area contributed by atoms with Gasteiger partial charge in [0.05, 0.1) is 5.56 Å². The number of benzene rings is 1. The third-order valence-electron chi connectivity index (χ3n) is 3.37. The van der Waals surface area contributed by atoms with Gasteiger partial charge < -0.3 is 0 Å². The molecular formula is C16H12ClFN4. The van der Waals surface area contributed by atoms with Crippen LogP contribution in [0.5, 0.6) is 0 Å². The fourth-order valence-electron chi connectivity index (χ4n) is 2.16. The minimum absolute atomic E-state index is 0.0949. The lowest BCUT2D eigenvalue weighted by Gasteiger charge is -2.00. The van der Waals surface area contributed by atoms with Gasteiger partial charge in [-0.15, -0.1) is 0 Å². The highest BCUT2D eigenvalue weighted by molar-refractivity contribution is 6.29. The smallest absolute Gasteiger partial charge is 0.157 e. The molecule has 6 heteroatoms. The number of imidazole rings is 1. The van der Waals surface area contributed by atoms with Crippen molar-refractivity contribution in [1.82, 2.24) is 14.6 Å². The van der Waals surface area contributed by atoms with Crippen LogP contribution in [0.4, 0.5) is 4.39 Å². The minimum atomic E-state index is -0.458. The highest BCUT2D eigenvalue weighted by atomic mass is 35.5. The lowest BCUT2D eigenvalue weighted by Crippen LogP contribution is -1.95. The molecule has 2 aromatic heterocycles. The summed E-state index contributed by atoms with van der Waals surface area (Å²) in [5.41, 5.74) is 2.29. The van der Waals surface area contributed by atoms with Crippen LogP contribution in [0.3, 0.4) is 0 Å². The first-order valence-corrected chi connectivity index (χ1v) is 7.21. The van der Waals surface area contributed by atoms with E-state index in [4.69, 9.17) is 16.9 Å². The minimum Gasteiger partial charge on any atom is -0.235 e. The zero-order chi connectivity index (χ0) is 15.5. The van der Waals surface area contributed by atoms with E-state index >= 15 is 0 Å². The summed E-state index contributed by atoms with van der Waals surface area (Å²) in [6.07, 6.45) is 6.09. The lowest BCUT2D eigenvalue weighted by molar-refractivity contribution is 0.624. The maximum absolute atomic E-state index is 12.4. The van der Waals surface area contributed by atoms with E-state index in [9.17, 15) is 4.39 Å². The monoisotopic (exact) mass is 314 g/mol. The summed E-state index contributed by atoms with van der Waals surface area (Å²) in [7, 11) is 0.